The lowest BCUT2D eigenvalue weighted by Crippen LogP contribution is -2.48. The Bertz CT molecular complexity index is 580. The van der Waals surface area contributed by atoms with Gasteiger partial charge in [0.15, 0.2) is 5.67 Å². The molecule has 0 unspecified atom stereocenters. The molecule has 17 heavy (non-hydrogen) atoms. The molecule has 3 rings (SSSR count). The van der Waals surface area contributed by atoms with Crippen LogP contribution in [0.4, 0.5) is 8.78 Å². The van der Waals surface area contributed by atoms with Gasteiger partial charge in [-0.25, -0.2) is 8.78 Å². The first kappa shape index (κ1) is 11.1. The van der Waals surface area contributed by atoms with Crippen molar-refractivity contribution in [1.29, 1.82) is 0 Å². The number of benzene rings is 1. The van der Waals surface area contributed by atoms with E-state index in [1.165, 1.54) is 10.9 Å². The van der Waals surface area contributed by atoms with Gasteiger partial charge in [-0.05, 0) is 28.1 Å². The van der Waals surface area contributed by atoms with Crippen LogP contribution >= 0.6 is 15.9 Å². The Kier molecular flexibility index (Phi) is 2.45. The van der Waals surface area contributed by atoms with E-state index >= 15 is 0 Å². The van der Waals surface area contributed by atoms with Gasteiger partial charge < -0.3 is 4.74 Å². The van der Waals surface area contributed by atoms with Crippen LogP contribution in [0.1, 0.15) is 0 Å². The standard InChI is InChI=1S/C11H9BrF2N2O/c12-8-1-2-9-7(10(8)13)3-15-16(9)4-11(14)5-17-6-11/h1-3H,4-6H2. The zero-order valence-electron chi connectivity index (χ0n) is 8.79. The summed E-state index contributed by atoms with van der Waals surface area (Å²) in [6, 6.07) is 3.32. The van der Waals surface area contributed by atoms with Gasteiger partial charge in [0.05, 0.1) is 41.3 Å². The molecule has 1 aromatic heterocycles. The minimum Gasteiger partial charge on any atom is -0.374 e. The molecular formula is C11H9BrF2N2O. The Hall–Kier alpha value is -1.01. The van der Waals surface area contributed by atoms with Crippen molar-refractivity contribution in [3.8, 4) is 0 Å². The lowest BCUT2D eigenvalue weighted by Gasteiger charge is -2.33. The van der Waals surface area contributed by atoms with Crippen LogP contribution in [-0.2, 0) is 11.3 Å². The Morgan fingerprint density at radius 2 is 2.24 bits per heavy atom. The second-order valence-corrected chi connectivity index (χ2v) is 5.09. The van der Waals surface area contributed by atoms with Gasteiger partial charge in [-0.3, -0.25) is 4.68 Å². The van der Waals surface area contributed by atoms with Crippen LogP contribution in [0.15, 0.2) is 22.8 Å². The molecule has 2 aromatic rings. The monoisotopic (exact) mass is 302 g/mol. The third-order valence-corrected chi connectivity index (χ3v) is 3.48. The number of hydrogen-bond donors (Lipinski definition) is 0. The van der Waals surface area contributed by atoms with Crippen molar-refractivity contribution >= 4 is 26.8 Å². The summed E-state index contributed by atoms with van der Waals surface area (Å²) >= 11 is 3.11. The molecule has 6 heteroatoms. The quantitative estimate of drug-likeness (QED) is 0.853. The van der Waals surface area contributed by atoms with E-state index in [0.29, 0.717) is 15.4 Å². The van der Waals surface area contributed by atoms with E-state index in [1.807, 2.05) is 0 Å². The van der Waals surface area contributed by atoms with Gasteiger partial charge in [0, 0.05) is 0 Å². The fraction of sp³-hybridized carbons (Fsp3) is 0.364. The molecule has 0 bridgehead atoms. The molecule has 0 spiro atoms. The lowest BCUT2D eigenvalue weighted by atomic mass is 10.1. The topological polar surface area (TPSA) is 27.1 Å². The smallest absolute Gasteiger partial charge is 0.176 e. The molecule has 0 saturated carbocycles. The highest BCUT2D eigenvalue weighted by Crippen LogP contribution is 2.28. The molecule has 0 amide bonds. The van der Waals surface area contributed by atoms with Crippen molar-refractivity contribution in [2.45, 2.75) is 12.2 Å². The number of halogens is 3. The number of nitrogens with zero attached hydrogens (tertiary/aromatic N) is 2. The van der Waals surface area contributed by atoms with Gasteiger partial charge in [0.2, 0.25) is 0 Å². The molecule has 1 aliphatic heterocycles. The van der Waals surface area contributed by atoms with Gasteiger partial charge >= 0.3 is 0 Å². The van der Waals surface area contributed by atoms with Gasteiger partial charge in [-0.15, -0.1) is 0 Å². The van der Waals surface area contributed by atoms with Crippen LogP contribution in [0.2, 0.25) is 0 Å². The van der Waals surface area contributed by atoms with Crippen molar-refractivity contribution in [2.75, 3.05) is 13.2 Å². The molecule has 0 atom stereocenters. The Morgan fingerprint density at radius 1 is 1.47 bits per heavy atom. The summed E-state index contributed by atoms with van der Waals surface area (Å²) in [4.78, 5) is 0. The number of fused-ring (bicyclic) bond motifs is 1. The van der Waals surface area contributed by atoms with Gasteiger partial charge in [-0.1, -0.05) is 0 Å². The molecule has 1 aliphatic rings. The number of aromatic nitrogens is 2. The molecule has 0 radical (unpaired) electrons. The second-order valence-electron chi connectivity index (χ2n) is 4.24. The fourth-order valence-electron chi connectivity index (χ4n) is 1.90. The summed E-state index contributed by atoms with van der Waals surface area (Å²) < 4.78 is 34.3. The van der Waals surface area contributed by atoms with Crippen LogP contribution in [0.3, 0.4) is 0 Å². The van der Waals surface area contributed by atoms with Crippen LogP contribution in [-0.4, -0.2) is 28.7 Å². The molecule has 1 fully saturated rings. The number of ether oxygens (including phenoxy) is 1. The van der Waals surface area contributed by atoms with E-state index in [0.717, 1.165) is 0 Å². The minimum atomic E-state index is -1.37. The Labute approximate surface area is 104 Å². The molecule has 0 N–H and O–H groups in total. The summed E-state index contributed by atoms with van der Waals surface area (Å²) in [6.45, 7) is 0.248. The van der Waals surface area contributed by atoms with Crippen LogP contribution in [0.5, 0.6) is 0 Å². The van der Waals surface area contributed by atoms with E-state index in [1.54, 1.807) is 12.1 Å². The summed E-state index contributed by atoms with van der Waals surface area (Å²) in [5.74, 6) is -0.369. The zero-order chi connectivity index (χ0) is 12.0. The molecule has 3 nitrogen and oxygen atoms in total. The first-order chi connectivity index (χ1) is 8.09. The largest absolute Gasteiger partial charge is 0.374 e. The molecule has 90 valence electrons. The highest BCUT2D eigenvalue weighted by atomic mass is 79.9. The third kappa shape index (κ3) is 1.75. The van der Waals surface area contributed by atoms with Crippen molar-refractivity contribution in [1.82, 2.24) is 9.78 Å². The average molecular weight is 303 g/mol. The zero-order valence-corrected chi connectivity index (χ0v) is 10.4. The van der Waals surface area contributed by atoms with E-state index in [-0.39, 0.29) is 25.6 Å². The number of rotatable bonds is 2. The molecule has 0 aliphatic carbocycles. The van der Waals surface area contributed by atoms with Crippen LogP contribution in [0, 0.1) is 5.82 Å². The molecular weight excluding hydrogens is 294 g/mol. The lowest BCUT2D eigenvalue weighted by molar-refractivity contribution is -0.138. The second kappa shape index (κ2) is 3.74. The maximum atomic E-state index is 13.9. The summed E-state index contributed by atoms with van der Waals surface area (Å²) in [7, 11) is 0. The number of hydrogen-bond acceptors (Lipinski definition) is 2. The van der Waals surface area contributed by atoms with Crippen LogP contribution < -0.4 is 0 Å². The highest BCUT2D eigenvalue weighted by molar-refractivity contribution is 9.10. The Balaban J connectivity index is 2.03. The number of alkyl halides is 1. The minimum absolute atomic E-state index is 0.0767. The summed E-state index contributed by atoms with van der Waals surface area (Å²) in [6.07, 6.45) is 1.41. The first-order valence-electron chi connectivity index (χ1n) is 5.15. The van der Waals surface area contributed by atoms with Crippen molar-refractivity contribution in [3.05, 3.63) is 28.6 Å². The first-order valence-corrected chi connectivity index (χ1v) is 5.95. The van der Waals surface area contributed by atoms with Gasteiger partial charge in [0.25, 0.3) is 0 Å². The summed E-state index contributed by atoms with van der Waals surface area (Å²) in [5.41, 5.74) is -0.780. The SMILES string of the molecule is Fc1c(Br)ccc2c1cnn2CC1(F)COC1. The molecule has 2 heterocycles. The third-order valence-electron chi connectivity index (χ3n) is 2.87. The molecule has 1 saturated heterocycles. The van der Waals surface area contributed by atoms with E-state index < -0.39 is 5.67 Å². The summed E-state index contributed by atoms with van der Waals surface area (Å²) in [5, 5.41) is 4.42. The van der Waals surface area contributed by atoms with E-state index in [2.05, 4.69) is 21.0 Å². The van der Waals surface area contributed by atoms with Crippen molar-refractivity contribution in [3.63, 3.8) is 0 Å². The predicted molar refractivity (Wildman–Crippen MR) is 62.0 cm³/mol. The predicted octanol–water partition coefficient (Wildman–Crippen LogP) is 2.68. The van der Waals surface area contributed by atoms with Crippen molar-refractivity contribution < 1.29 is 13.5 Å². The van der Waals surface area contributed by atoms with Crippen LogP contribution in [0.25, 0.3) is 10.9 Å². The average Bonchev–Trinajstić information content (AvgIpc) is 2.65. The highest BCUT2D eigenvalue weighted by Gasteiger charge is 2.39. The maximum absolute atomic E-state index is 13.9. The molecule has 1 aromatic carbocycles. The van der Waals surface area contributed by atoms with E-state index in [4.69, 9.17) is 4.74 Å². The van der Waals surface area contributed by atoms with Gasteiger partial charge in [0.1, 0.15) is 5.82 Å². The maximum Gasteiger partial charge on any atom is 0.176 e. The van der Waals surface area contributed by atoms with Crippen molar-refractivity contribution in [2.24, 2.45) is 0 Å². The van der Waals surface area contributed by atoms with E-state index in [9.17, 15) is 8.78 Å². The Morgan fingerprint density at radius 3 is 2.88 bits per heavy atom. The van der Waals surface area contributed by atoms with Gasteiger partial charge in [-0.2, -0.15) is 5.10 Å². The fourth-order valence-corrected chi connectivity index (χ4v) is 2.25. The normalized spacial score (nSPS) is 18.3.